The normalized spacial score (nSPS) is 11.0. The molecule has 19 heavy (non-hydrogen) atoms. The summed E-state index contributed by atoms with van der Waals surface area (Å²) in [7, 11) is 0. The fraction of sp³-hybridized carbons (Fsp3) is 0.857. The van der Waals surface area contributed by atoms with Crippen LogP contribution in [-0.2, 0) is 9.53 Å². The third kappa shape index (κ3) is 9.33. The molecule has 0 radical (unpaired) electrons. The van der Waals surface area contributed by atoms with Crippen molar-refractivity contribution in [2.75, 3.05) is 19.6 Å². The van der Waals surface area contributed by atoms with E-state index in [0.29, 0.717) is 13.0 Å². The molecule has 0 aromatic rings. The topological polar surface area (TPSA) is 58.6 Å². The van der Waals surface area contributed by atoms with Gasteiger partial charge in [-0.1, -0.05) is 0 Å². The second kappa shape index (κ2) is 8.77. The number of nitrogens with zero attached hydrogens (tertiary/aromatic N) is 1. The van der Waals surface area contributed by atoms with Crippen molar-refractivity contribution in [3.63, 3.8) is 0 Å². The molecule has 112 valence electrons. The van der Waals surface area contributed by atoms with Gasteiger partial charge in [0.15, 0.2) is 0 Å². The van der Waals surface area contributed by atoms with Crippen molar-refractivity contribution in [2.24, 2.45) is 0 Å². The zero-order valence-electron chi connectivity index (χ0n) is 12.9. The Balaban J connectivity index is 3.66. The molecule has 0 heterocycles. The van der Waals surface area contributed by atoms with E-state index < -0.39 is 11.7 Å². The number of carbonyl (C=O) groups excluding carboxylic acids is 2. The lowest BCUT2D eigenvalue weighted by Gasteiger charge is -2.20. The number of carbonyl (C=O) groups is 2. The van der Waals surface area contributed by atoms with Crippen LogP contribution in [0.2, 0.25) is 0 Å². The largest absolute Gasteiger partial charge is 0.444 e. The van der Waals surface area contributed by atoms with Gasteiger partial charge in [-0.3, -0.25) is 4.79 Å². The molecule has 0 unspecified atom stereocenters. The molecule has 0 saturated carbocycles. The van der Waals surface area contributed by atoms with Gasteiger partial charge in [-0.2, -0.15) is 0 Å². The molecule has 5 heteroatoms. The van der Waals surface area contributed by atoms with Gasteiger partial charge in [0.05, 0.1) is 0 Å². The maximum absolute atomic E-state index is 11.7. The fourth-order valence-corrected chi connectivity index (χ4v) is 1.64. The van der Waals surface area contributed by atoms with E-state index in [1.807, 2.05) is 39.5 Å². The van der Waals surface area contributed by atoms with E-state index >= 15 is 0 Å². The van der Waals surface area contributed by atoms with Crippen LogP contribution < -0.4 is 5.32 Å². The molecule has 0 saturated heterocycles. The first-order valence-corrected chi connectivity index (χ1v) is 7.04. The molecule has 0 atom stereocenters. The van der Waals surface area contributed by atoms with Crippen LogP contribution in [0.1, 0.15) is 53.9 Å². The molecule has 2 amide bonds. The Labute approximate surface area is 116 Å². The number of hydrogen-bond acceptors (Lipinski definition) is 3. The summed E-state index contributed by atoms with van der Waals surface area (Å²) in [4.78, 5) is 24.9. The van der Waals surface area contributed by atoms with Gasteiger partial charge in [-0.25, -0.2) is 4.79 Å². The summed E-state index contributed by atoms with van der Waals surface area (Å²) in [5.74, 6) is 0.183. The van der Waals surface area contributed by atoms with Crippen molar-refractivity contribution < 1.29 is 14.3 Å². The molecular formula is C14H28N2O3. The highest BCUT2D eigenvalue weighted by Gasteiger charge is 2.15. The standard InChI is InChI=1S/C14H28N2O3/c1-6-16(7-2)12(17)10-8-9-11-15-13(18)19-14(3,4)5/h6-11H2,1-5H3,(H,15,18). The minimum absolute atomic E-state index is 0.183. The van der Waals surface area contributed by atoms with Crippen molar-refractivity contribution in [3.05, 3.63) is 0 Å². The van der Waals surface area contributed by atoms with Crippen molar-refractivity contribution in [1.82, 2.24) is 10.2 Å². The Morgan fingerprint density at radius 1 is 1.11 bits per heavy atom. The van der Waals surface area contributed by atoms with Crippen LogP contribution in [0.4, 0.5) is 4.79 Å². The molecule has 0 aromatic heterocycles. The lowest BCUT2D eigenvalue weighted by atomic mass is 10.2. The Bertz CT molecular complexity index is 281. The van der Waals surface area contributed by atoms with Crippen LogP contribution in [0.25, 0.3) is 0 Å². The summed E-state index contributed by atoms with van der Waals surface area (Å²) in [5, 5.41) is 2.68. The molecule has 1 N–H and O–H groups in total. The highest BCUT2D eigenvalue weighted by molar-refractivity contribution is 5.76. The summed E-state index contributed by atoms with van der Waals surface area (Å²) in [6.45, 7) is 11.5. The SMILES string of the molecule is CCN(CC)C(=O)CCCCNC(=O)OC(C)(C)C. The van der Waals surface area contributed by atoms with Gasteiger partial charge >= 0.3 is 6.09 Å². The van der Waals surface area contributed by atoms with E-state index in [0.717, 1.165) is 25.9 Å². The molecule has 5 nitrogen and oxygen atoms in total. The number of amides is 2. The van der Waals surface area contributed by atoms with Crippen molar-refractivity contribution in [2.45, 2.75) is 59.5 Å². The predicted molar refractivity (Wildman–Crippen MR) is 76.0 cm³/mol. The van der Waals surface area contributed by atoms with Crippen LogP contribution in [0.3, 0.4) is 0 Å². The van der Waals surface area contributed by atoms with Crippen LogP contribution >= 0.6 is 0 Å². The molecular weight excluding hydrogens is 244 g/mol. The average molecular weight is 272 g/mol. The monoisotopic (exact) mass is 272 g/mol. The summed E-state index contributed by atoms with van der Waals surface area (Å²) < 4.78 is 5.11. The third-order valence-electron chi connectivity index (χ3n) is 2.60. The average Bonchev–Trinajstić information content (AvgIpc) is 2.27. The molecule has 0 fully saturated rings. The Hall–Kier alpha value is -1.26. The Morgan fingerprint density at radius 3 is 2.16 bits per heavy atom. The van der Waals surface area contributed by atoms with Crippen molar-refractivity contribution >= 4 is 12.0 Å². The maximum Gasteiger partial charge on any atom is 0.407 e. The quantitative estimate of drug-likeness (QED) is 0.725. The maximum atomic E-state index is 11.7. The molecule has 0 spiro atoms. The summed E-state index contributed by atoms with van der Waals surface area (Å²) in [5.41, 5.74) is -0.469. The zero-order chi connectivity index (χ0) is 14.9. The first kappa shape index (κ1) is 17.7. The van der Waals surface area contributed by atoms with Crippen LogP contribution in [0.15, 0.2) is 0 Å². The minimum atomic E-state index is -0.469. The van der Waals surface area contributed by atoms with E-state index in [2.05, 4.69) is 5.32 Å². The van der Waals surface area contributed by atoms with Crippen molar-refractivity contribution in [1.29, 1.82) is 0 Å². The van der Waals surface area contributed by atoms with Crippen LogP contribution in [-0.4, -0.2) is 42.1 Å². The van der Waals surface area contributed by atoms with Gasteiger partial charge in [0.2, 0.25) is 5.91 Å². The lowest BCUT2D eigenvalue weighted by molar-refractivity contribution is -0.130. The van der Waals surface area contributed by atoms with Gasteiger partial charge in [0.25, 0.3) is 0 Å². The summed E-state index contributed by atoms with van der Waals surface area (Å²) >= 11 is 0. The van der Waals surface area contributed by atoms with Crippen molar-refractivity contribution in [3.8, 4) is 0 Å². The second-order valence-electron chi connectivity index (χ2n) is 5.45. The second-order valence-corrected chi connectivity index (χ2v) is 5.45. The smallest absolute Gasteiger partial charge is 0.407 e. The highest BCUT2D eigenvalue weighted by Crippen LogP contribution is 2.06. The van der Waals surface area contributed by atoms with Gasteiger partial charge in [0.1, 0.15) is 5.60 Å². The van der Waals surface area contributed by atoms with Gasteiger partial charge < -0.3 is 15.0 Å². The molecule has 0 aromatic carbocycles. The third-order valence-corrected chi connectivity index (χ3v) is 2.60. The number of ether oxygens (including phenoxy) is 1. The molecule has 0 rings (SSSR count). The molecule has 0 bridgehead atoms. The molecule has 0 aliphatic carbocycles. The lowest BCUT2D eigenvalue weighted by Crippen LogP contribution is -2.33. The Kier molecular flexibility index (Phi) is 8.19. The first-order valence-electron chi connectivity index (χ1n) is 7.04. The Morgan fingerprint density at radius 2 is 1.68 bits per heavy atom. The van der Waals surface area contributed by atoms with E-state index in [1.54, 1.807) is 0 Å². The van der Waals surface area contributed by atoms with E-state index in [4.69, 9.17) is 4.74 Å². The van der Waals surface area contributed by atoms with Crippen LogP contribution in [0.5, 0.6) is 0 Å². The number of alkyl carbamates (subject to hydrolysis) is 1. The van der Waals surface area contributed by atoms with Gasteiger partial charge in [-0.15, -0.1) is 0 Å². The number of hydrogen-bond donors (Lipinski definition) is 1. The van der Waals surface area contributed by atoms with E-state index in [1.165, 1.54) is 0 Å². The van der Waals surface area contributed by atoms with Gasteiger partial charge in [-0.05, 0) is 47.5 Å². The highest BCUT2D eigenvalue weighted by atomic mass is 16.6. The zero-order valence-corrected chi connectivity index (χ0v) is 12.9. The first-order chi connectivity index (χ1) is 8.80. The summed E-state index contributed by atoms with van der Waals surface area (Å²) in [6, 6.07) is 0. The van der Waals surface area contributed by atoms with Gasteiger partial charge in [0, 0.05) is 26.1 Å². The summed E-state index contributed by atoms with van der Waals surface area (Å²) in [6.07, 6.45) is 1.71. The minimum Gasteiger partial charge on any atom is -0.444 e. The van der Waals surface area contributed by atoms with E-state index in [9.17, 15) is 9.59 Å². The fourth-order valence-electron chi connectivity index (χ4n) is 1.64. The molecule has 0 aliphatic heterocycles. The number of rotatable bonds is 7. The molecule has 0 aliphatic rings. The van der Waals surface area contributed by atoms with E-state index in [-0.39, 0.29) is 5.91 Å². The predicted octanol–water partition coefficient (Wildman–Crippen LogP) is 2.55. The van der Waals surface area contributed by atoms with Crippen LogP contribution in [0, 0.1) is 0 Å². The number of unbranched alkanes of at least 4 members (excludes halogenated alkanes) is 1. The number of nitrogens with one attached hydrogen (secondary N) is 1.